The predicted molar refractivity (Wildman–Crippen MR) is 103 cm³/mol. The second kappa shape index (κ2) is 8.42. The number of hydrogen-bond acceptors (Lipinski definition) is 5. The summed E-state index contributed by atoms with van der Waals surface area (Å²) in [5, 5.41) is 3.27. The van der Waals surface area contributed by atoms with Crippen LogP contribution >= 0.6 is 12.4 Å². The Balaban J connectivity index is 0.00000261. The van der Waals surface area contributed by atoms with Gasteiger partial charge in [-0.25, -0.2) is 18.1 Å². The molecule has 1 amide bonds. The van der Waals surface area contributed by atoms with Gasteiger partial charge in [0.2, 0.25) is 10.0 Å². The van der Waals surface area contributed by atoms with E-state index in [0.29, 0.717) is 19.6 Å². The van der Waals surface area contributed by atoms with Crippen molar-refractivity contribution in [3.8, 4) is 0 Å². The molecule has 2 aromatic heterocycles. The quantitative estimate of drug-likeness (QED) is 0.662. The number of sulfonamides is 1. The van der Waals surface area contributed by atoms with E-state index in [4.69, 9.17) is 0 Å². The molecule has 0 radical (unpaired) electrons. The third-order valence-corrected chi connectivity index (χ3v) is 5.89. The summed E-state index contributed by atoms with van der Waals surface area (Å²) in [5.41, 5.74) is 0.246. The molecule has 3 N–H and O–H groups in total. The van der Waals surface area contributed by atoms with Crippen LogP contribution in [0.25, 0.3) is 0 Å². The number of carbonyl (C=O) groups is 1. The highest BCUT2D eigenvalue weighted by molar-refractivity contribution is 7.89. The van der Waals surface area contributed by atoms with Gasteiger partial charge in [-0.2, -0.15) is 0 Å². The average Bonchev–Trinajstić information content (AvgIpc) is 3.22. The van der Waals surface area contributed by atoms with E-state index in [-0.39, 0.29) is 41.0 Å². The van der Waals surface area contributed by atoms with Crippen molar-refractivity contribution in [3.05, 3.63) is 36.2 Å². The van der Waals surface area contributed by atoms with Gasteiger partial charge in [-0.05, 0) is 19.9 Å². The Labute approximate surface area is 165 Å². The zero-order valence-corrected chi connectivity index (χ0v) is 17.1. The summed E-state index contributed by atoms with van der Waals surface area (Å²) in [4.78, 5) is 21.9. The van der Waals surface area contributed by atoms with Gasteiger partial charge in [0.25, 0.3) is 5.91 Å². The van der Waals surface area contributed by atoms with E-state index < -0.39 is 10.0 Å². The molecule has 0 spiro atoms. The zero-order chi connectivity index (χ0) is 18.9. The largest absolute Gasteiger partial charge is 0.356 e. The summed E-state index contributed by atoms with van der Waals surface area (Å²) in [6, 6.07) is 0.938. The molecular weight excluding hydrogens is 392 g/mol. The van der Waals surface area contributed by atoms with Crippen molar-refractivity contribution >= 4 is 28.3 Å². The van der Waals surface area contributed by atoms with Crippen LogP contribution in [0.5, 0.6) is 0 Å². The van der Waals surface area contributed by atoms with E-state index in [1.54, 1.807) is 24.9 Å². The van der Waals surface area contributed by atoms with Crippen molar-refractivity contribution in [2.24, 2.45) is 7.05 Å². The molecule has 27 heavy (non-hydrogen) atoms. The lowest BCUT2D eigenvalue weighted by atomic mass is 10.1. The van der Waals surface area contributed by atoms with Crippen molar-refractivity contribution in [2.75, 3.05) is 19.6 Å². The van der Waals surface area contributed by atoms with Gasteiger partial charge in [0.05, 0.1) is 0 Å². The minimum atomic E-state index is -3.65. The molecule has 150 valence electrons. The second-order valence-corrected chi connectivity index (χ2v) is 8.35. The van der Waals surface area contributed by atoms with Crippen LogP contribution in [0.3, 0.4) is 0 Å². The number of carbonyl (C=O) groups excluding carboxylic acids is 1. The van der Waals surface area contributed by atoms with Gasteiger partial charge in [0.15, 0.2) is 0 Å². The number of aryl methyl sites for hydroxylation is 1. The molecule has 1 saturated heterocycles. The number of halogens is 1. The van der Waals surface area contributed by atoms with E-state index >= 15 is 0 Å². The molecular formula is C16H25ClN6O3S. The van der Waals surface area contributed by atoms with Crippen LogP contribution in [0.4, 0.5) is 0 Å². The van der Waals surface area contributed by atoms with Gasteiger partial charge >= 0.3 is 0 Å². The Hall–Kier alpha value is -1.88. The second-order valence-electron chi connectivity index (χ2n) is 6.64. The highest BCUT2D eigenvalue weighted by atomic mass is 35.5. The number of aromatic amines is 1. The number of nitrogens with one attached hydrogen (secondary N) is 3. The molecule has 1 fully saturated rings. The number of rotatable bonds is 5. The molecule has 0 saturated carbocycles. The van der Waals surface area contributed by atoms with Gasteiger partial charge in [0.1, 0.15) is 22.5 Å². The first-order valence-corrected chi connectivity index (χ1v) is 9.97. The Kier molecular flexibility index (Phi) is 6.68. The number of aromatic nitrogens is 3. The third kappa shape index (κ3) is 4.52. The normalized spacial score (nSPS) is 17.8. The maximum absolute atomic E-state index is 13.0. The summed E-state index contributed by atoms with van der Waals surface area (Å²) in [6.07, 6.45) is 4.88. The van der Waals surface area contributed by atoms with Crippen LogP contribution in [0.2, 0.25) is 0 Å². The maximum Gasteiger partial charge on any atom is 0.271 e. The Morgan fingerprint density at radius 1 is 1.41 bits per heavy atom. The summed E-state index contributed by atoms with van der Waals surface area (Å²) in [6.45, 7) is 5.27. The van der Waals surface area contributed by atoms with Gasteiger partial charge in [-0.3, -0.25) is 4.79 Å². The average molecular weight is 417 g/mol. The van der Waals surface area contributed by atoms with Crippen LogP contribution in [0, 0.1) is 0 Å². The number of nitrogens with zero attached hydrogens (tertiary/aromatic N) is 3. The summed E-state index contributed by atoms with van der Waals surface area (Å²) >= 11 is 0. The van der Waals surface area contributed by atoms with Crippen molar-refractivity contribution in [1.82, 2.24) is 29.5 Å². The fourth-order valence-corrected chi connectivity index (χ4v) is 4.31. The van der Waals surface area contributed by atoms with E-state index in [1.165, 1.54) is 12.3 Å². The number of H-pyrrole nitrogens is 1. The van der Waals surface area contributed by atoms with E-state index in [1.807, 2.05) is 17.8 Å². The summed E-state index contributed by atoms with van der Waals surface area (Å²) in [5.74, 6) is 0.539. The molecule has 11 heteroatoms. The van der Waals surface area contributed by atoms with Crippen molar-refractivity contribution < 1.29 is 13.2 Å². The molecule has 0 aromatic carbocycles. The number of piperazine rings is 1. The van der Waals surface area contributed by atoms with Gasteiger partial charge in [0, 0.05) is 51.3 Å². The van der Waals surface area contributed by atoms with Crippen LogP contribution in [0.15, 0.2) is 29.6 Å². The van der Waals surface area contributed by atoms with E-state index in [0.717, 1.165) is 5.82 Å². The topological polar surface area (TPSA) is 112 Å². The Morgan fingerprint density at radius 2 is 2.15 bits per heavy atom. The Morgan fingerprint density at radius 3 is 2.78 bits per heavy atom. The molecule has 2 aromatic rings. The standard InChI is InChI=1S/C16H24N6O3S.ClH/c1-11(2)20-26(24,25)12-8-13(19-9-12)16(23)22-7-4-17-10-14(22)15-18-5-6-21(15)3;/h5-6,8-9,11,14,17,19-20H,4,7,10H2,1-3H3;1H. The van der Waals surface area contributed by atoms with Gasteiger partial charge in [-0.1, -0.05) is 0 Å². The Bertz CT molecular complexity index is 892. The highest BCUT2D eigenvalue weighted by Crippen LogP contribution is 2.23. The molecule has 1 unspecified atom stereocenters. The fraction of sp³-hybridized carbons (Fsp3) is 0.500. The minimum Gasteiger partial charge on any atom is -0.356 e. The molecule has 0 aliphatic carbocycles. The fourth-order valence-electron chi connectivity index (χ4n) is 3.06. The lowest BCUT2D eigenvalue weighted by molar-refractivity contribution is 0.0615. The molecule has 1 aliphatic rings. The SMILES string of the molecule is CC(C)NS(=O)(=O)c1c[nH]c(C(=O)N2CCNCC2c2nccn2C)c1.Cl. The number of imidazole rings is 1. The molecule has 1 atom stereocenters. The maximum atomic E-state index is 13.0. The lowest BCUT2D eigenvalue weighted by Crippen LogP contribution is -2.49. The lowest BCUT2D eigenvalue weighted by Gasteiger charge is -2.35. The smallest absolute Gasteiger partial charge is 0.271 e. The van der Waals surface area contributed by atoms with Crippen LogP contribution in [0.1, 0.15) is 36.2 Å². The van der Waals surface area contributed by atoms with Crippen molar-refractivity contribution in [3.63, 3.8) is 0 Å². The highest BCUT2D eigenvalue weighted by Gasteiger charge is 2.32. The first-order valence-electron chi connectivity index (χ1n) is 8.49. The van der Waals surface area contributed by atoms with Crippen LogP contribution in [-0.2, 0) is 17.1 Å². The zero-order valence-electron chi connectivity index (χ0n) is 15.5. The van der Waals surface area contributed by atoms with E-state index in [2.05, 4.69) is 20.0 Å². The molecule has 9 nitrogen and oxygen atoms in total. The van der Waals surface area contributed by atoms with Crippen molar-refractivity contribution in [1.29, 1.82) is 0 Å². The minimum absolute atomic E-state index is 0. The van der Waals surface area contributed by atoms with Crippen molar-refractivity contribution in [2.45, 2.75) is 30.8 Å². The summed E-state index contributed by atoms with van der Waals surface area (Å²) in [7, 11) is -1.76. The predicted octanol–water partition coefficient (Wildman–Crippen LogP) is 0.643. The molecule has 1 aliphatic heterocycles. The first-order chi connectivity index (χ1) is 12.3. The molecule has 3 heterocycles. The molecule has 3 rings (SSSR count). The summed E-state index contributed by atoms with van der Waals surface area (Å²) < 4.78 is 28.9. The van der Waals surface area contributed by atoms with Gasteiger partial charge in [-0.15, -0.1) is 12.4 Å². The van der Waals surface area contributed by atoms with Gasteiger partial charge < -0.3 is 19.8 Å². The van der Waals surface area contributed by atoms with Crippen LogP contribution in [-0.4, -0.2) is 59.4 Å². The number of hydrogen-bond donors (Lipinski definition) is 3. The molecule has 0 bridgehead atoms. The van der Waals surface area contributed by atoms with Crippen LogP contribution < -0.4 is 10.0 Å². The van der Waals surface area contributed by atoms with E-state index in [9.17, 15) is 13.2 Å². The first kappa shape index (κ1) is 21.4. The third-order valence-electron chi connectivity index (χ3n) is 4.25. The number of amides is 1. The monoisotopic (exact) mass is 416 g/mol.